The number of nitrogens with one attached hydrogen (secondary N) is 2. The van der Waals surface area contributed by atoms with Crippen LogP contribution in [0.3, 0.4) is 0 Å². The van der Waals surface area contributed by atoms with Crippen molar-refractivity contribution in [2.75, 3.05) is 13.2 Å². The first-order chi connectivity index (χ1) is 18.3. The van der Waals surface area contributed by atoms with E-state index in [1.165, 1.54) is 0 Å². The van der Waals surface area contributed by atoms with Crippen molar-refractivity contribution in [2.45, 2.75) is 12.8 Å². The molecule has 3 aromatic carbocycles. The van der Waals surface area contributed by atoms with E-state index in [0.717, 1.165) is 0 Å². The fourth-order valence-electron chi connectivity index (χ4n) is 4.26. The van der Waals surface area contributed by atoms with Gasteiger partial charge in [-0.25, -0.2) is 23.1 Å². The van der Waals surface area contributed by atoms with Gasteiger partial charge in [-0.2, -0.15) is 5.26 Å². The Morgan fingerprint density at radius 2 is 1.95 bits per heavy atom. The zero-order chi connectivity index (χ0) is 27.0. The van der Waals surface area contributed by atoms with Crippen LogP contribution in [0.5, 0.6) is 5.75 Å². The van der Waals surface area contributed by atoms with Gasteiger partial charge in [-0.1, -0.05) is 12.1 Å². The first kappa shape index (κ1) is 24.8. The summed E-state index contributed by atoms with van der Waals surface area (Å²) in [4.78, 5) is 24.1. The summed E-state index contributed by atoms with van der Waals surface area (Å²) in [5, 5.41) is 11.9. The van der Waals surface area contributed by atoms with E-state index in [1.807, 2.05) is 0 Å². The molecule has 5 rings (SSSR count). The summed E-state index contributed by atoms with van der Waals surface area (Å²) in [6.07, 6.45) is 0. The number of imidazole rings is 2. The molecule has 38 heavy (non-hydrogen) atoms. The van der Waals surface area contributed by atoms with Gasteiger partial charge in [0.25, 0.3) is 5.91 Å². The summed E-state index contributed by atoms with van der Waals surface area (Å²) < 4.78 is 49.3. The van der Waals surface area contributed by atoms with Crippen molar-refractivity contribution in [1.82, 2.24) is 24.8 Å². The third-order valence-electron chi connectivity index (χ3n) is 6.26. The number of fused-ring (bicyclic) bond motifs is 2. The van der Waals surface area contributed by atoms with E-state index in [2.05, 4.69) is 26.3 Å². The number of carbonyl (C=O) groups is 1. The minimum atomic E-state index is -1.30. The molecule has 5 aromatic rings. The van der Waals surface area contributed by atoms with E-state index in [1.54, 1.807) is 61.0 Å². The second kappa shape index (κ2) is 9.89. The Morgan fingerprint density at radius 1 is 1.16 bits per heavy atom. The molecule has 11 heteroatoms. The highest BCUT2D eigenvalue weighted by molar-refractivity contribution is 5.97. The van der Waals surface area contributed by atoms with Crippen LogP contribution in [0.2, 0.25) is 0 Å². The van der Waals surface area contributed by atoms with Gasteiger partial charge in [0.1, 0.15) is 41.1 Å². The number of nitriles is 1. The molecule has 1 amide bonds. The number of amides is 1. The monoisotopic (exact) mass is 518 g/mol. The SMILES string of the molecule is CC(c1nc2c(F)cc(F)c(F)c2[nH]1)c1nc2ccc(C(=O)NCCOc3ccccc3C#N)cc2n1C. The molecule has 1 unspecified atom stereocenters. The number of aryl methyl sites for hydroxylation is 1. The highest BCUT2D eigenvalue weighted by Crippen LogP contribution is 2.29. The molecule has 1 atom stereocenters. The molecule has 0 bridgehead atoms. The summed E-state index contributed by atoms with van der Waals surface area (Å²) in [6.45, 7) is 2.16. The lowest BCUT2D eigenvalue weighted by Gasteiger charge is -2.10. The number of aromatic nitrogens is 4. The molecule has 0 aliphatic rings. The van der Waals surface area contributed by atoms with Crippen LogP contribution in [0.4, 0.5) is 13.2 Å². The van der Waals surface area contributed by atoms with Crippen LogP contribution < -0.4 is 10.1 Å². The molecular weight excluding hydrogens is 497 g/mol. The first-order valence-electron chi connectivity index (χ1n) is 11.7. The lowest BCUT2D eigenvalue weighted by molar-refractivity contribution is 0.0947. The van der Waals surface area contributed by atoms with E-state index in [0.29, 0.717) is 39.8 Å². The maximum Gasteiger partial charge on any atom is 0.251 e. The van der Waals surface area contributed by atoms with Gasteiger partial charge in [0.2, 0.25) is 0 Å². The van der Waals surface area contributed by atoms with Crippen molar-refractivity contribution >= 4 is 28.0 Å². The molecule has 192 valence electrons. The Morgan fingerprint density at radius 3 is 2.74 bits per heavy atom. The molecule has 8 nitrogen and oxygen atoms in total. The van der Waals surface area contributed by atoms with Crippen molar-refractivity contribution in [2.24, 2.45) is 7.05 Å². The average molecular weight is 518 g/mol. The normalized spacial score (nSPS) is 12.0. The second-order valence-electron chi connectivity index (χ2n) is 8.67. The highest BCUT2D eigenvalue weighted by atomic mass is 19.2. The predicted molar refractivity (Wildman–Crippen MR) is 133 cm³/mol. The Labute approximate surface area is 214 Å². The lowest BCUT2D eigenvalue weighted by Crippen LogP contribution is -2.28. The number of halogens is 3. The van der Waals surface area contributed by atoms with E-state index in [9.17, 15) is 18.0 Å². The number of para-hydroxylation sites is 1. The number of benzene rings is 3. The minimum Gasteiger partial charge on any atom is -0.490 e. The Hall–Kier alpha value is -4.85. The first-order valence-corrected chi connectivity index (χ1v) is 11.7. The van der Waals surface area contributed by atoms with E-state index in [4.69, 9.17) is 10.00 Å². The molecule has 0 fully saturated rings. The Kier molecular flexibility index (Phi) is 6.46. The van der Waals surface area contributed by atoms with Crippen LogP contribution in [-0.4, -0.2) is 38.6 Å². The summed E-state index contributed by atoms with van der Waals surface area (Å²) in [6, 6.07) is 14.4. The van der Waals surface area contributed by atoms with Crippen molar-refractivity contribution in [3.05, 3.63) is 88.8 Å². The molecule has 0 spiro atoms. The van der Waals surface area contributed by atoms with E-state index < -0.39 is 23.4 Å². The number of hydrogen-bond acceptors (Lipinski definition) is 5. The summed E-state index contributed by atoms with van der Waals surface area (Å²) >= 11 is 0. The largest absolute Gasteiger partial charge is 0.490 e. The summed E-state index contributed by atoms with van der Waals surface area (Å²) in [5.74, 6) is -3.11. The quantitative estimate of drug-likeness (QED) is 0.240. The van der Waals surface area contributed by atoms with Gasteiger partial charge in [0.05, 0.1) is 29.1 Å². The van der Waals surface area contributed by atoms with E-state index in [-0.39, 0.29) is 35.9 Å². The smallest absolute Gasteiger partial charge is 0.251 e. The molecule has 0 saturated heterocycles. The number of hydrogen-bond donors (Lipinski definition) is 2. The number of carbonyl (C=O) groups excluding carboxylic acids is 1. The van der Waals surface area contributed by atoms with Crippen LogP contribution in [-0.2, 0) is 7.05 Å². The van der Waals surface area contributed by atoms with Gasteiger partial charge >= 0.3 is 0 Å². The third kappa shape index (κ3) is 4.41. The van der Waals surface area contributed by atoms with Gasteiger partial charge in [-0.3, -0.25) is 4.79 Å². The maximum absolute atomic E-state index is 14.2. The van der Waals surface area contributed by atoms with Gasteiger partial charge in [-0.15, -0.1) is 0 Å². The summed E-state index contributed by atoms with van der Waals surface area (Å²) in [7, 11) is 1.76. The van der Waals surface area contributed by atoms with Crippen molar-refractivity contribution in [1.29, 1.82) is 5.26 Å². The maximum atomic E-state index is 14.2. The van der Waals surface area contributed by atoms with Gasteiger partial charge in [-0.05, 0) is 37.3 Å². The van der Waals surface area contributed by atoms with Crippen LogP contribution >= 0.6 is 0 Å². The molecule has 2 heterocycles. The number of aromatic amines is 1. The van der Waals surface area contributed by atoms with Crippen LogP contribution in [0.25, 0.3) is 22.1 Å². The zero-order valence-electron chi connectivity index (χ0n) is 20.3. The molecular formula is C27H21F3N6O2. The fourth-order valence-corrected chi connectivity index (χ4v) is 4.26. The van der Waals surface area contributed by atoms with Gasteiger partial charge in [0, 0.05) is 18.7 Å². The topological polar surface area (TPSA) is 109 Å². The minimum absolute atomic E-state index is 0.183. The molecule has 0 saturated carbocycles. The molecule has 0 radical (unpaired) electrons. The number of rotatable bonds is 7. The molecule has 2 aromatic heterocycles. The zero-order valence-corrected chi connectivity index (χ0v) is 20.3. The van der Waals surface area contributed by atoms with Crippen molar-refractivity contribution in [3.8, 4) is 11.8 Å². The highest BCUT2D eigenvalue weighted by Gasteiger charge is 2.23. The predicted octanol–water partition coefficient (Wildman–Crippen LogP) is 4.70. The fraction of sp³-hybridized carbons (Fsp3) is 0.185. The van der Waals surface area contributed by atoms with Crippen LogP contribution in [0, 0.1) is 28.8 Å². The molecule has 0 aliphatic carbocycles. The number of nitrogens with zero attached hydrogens (tertiary/aromatic N) is 4. The number of ether oxygens (including phenoxy) is 1. The van der Waals surface area contributed by atoms with Gasteiger partial charge in [0.15, 0.2) is 17.5 Å². The Bertz CT molecular complexity index is 1740. The standard InChI is InChI=1S/C27H21F3N6O2/c1-14(25-34-23-18(29)12-17(28)22(30)24(23)35-25)26-33-19-8-7-15(11-20(19)36(26)2)27(37)32-9-10-38-21-6-4-3-5-16(21)13-31/h3-8,11-12,14H,9-10H2,1-2H3,(H,32,37)(H,34,35). The van der Waals surface area contributed by atoms with Crippen molar-refractivity contribution in [3.63, 3.8) is 0 Å². The van der Waals surface area contributed by atoms with Crippen LogP contribution in [0.1, 0.15) is 40.4 Å². The third-order valence-corrected chi connectivity index (χ3v) is 6.26. The lowest BCUT2D eigenvalue weighted by atomic mass is 10.1. The van der Waals surface area contributed by atoms with Crippen molar-refractivity contribution < 1.29 is 22.7 Å². The second-order valence-corrected chi connectivity index (χ2v) is 8.67. The summed E-state index contributed by atoms with van der Waals surface area (Å²) in [5.41, 5.74) is 1.46. The van der Waals surface area contributed by atoms with E-state index >= 15 is 0 Å². The molecule has 0 aliphatic heterocycles. The average Bonchev–Trinajstić information content (AvgIpc) is 3.52. The number of H-pyrrole nitrogens is 1. The van der Waals surface area contributed by atoms with Crippen LogP contribution in [0.15, 0.2) is 48.5 Å². The Balaban J connectivity index is 1.32. The molecule has 2 N–H and O–H groups in total. The van der Waals surface area contributed by atoms with Gasteiger partial charge < -0.3 is 19.6 Å².